The van der Waals surface area contributed by atoms with Crippen molar-refractivity contribution < 1.29 is 22.7 Å². The van der Waals surface area contributed by atoms with Gasteiger partial charge in [-0.1, -0.05) is 0 Å². The minimum atomic E-state index is -3.58. The van der Waals surface area contributed by atoms with Crippen LogP contribution in [0.3, 0.4) is 0 Å². The van der Waals surface area contributed by atoms with Crippen LogP contribution in [-0.2, 0) is 14.6 Å². The van der Waals surface area contributed by atoms with E-state index >= 15 is 0 Å². The molecule has 94 valence electrons. The van der Waals surface area contributed by atoms with Gasteiger partial charge in [0.15, 0.2) is 9.84 Å². The van der Waals surface area contributed by atoms with Gasteiger partial charge in [0.1, 0.15) is 5.82 Å². The van der Waals surface area contributed by atoms with Gasteiger partial charge in [0, 0.05) is 6.42 Å². The van der Waals surface area contributed by atoms with E-state index in [0.717, 1.165) is 12.1 Å². The number of benzene rings is 1. The van der Waals surface area contributed by atoms with E-state index < -0.39 is 26.9 Å². The van der Waals surface area contributed by atoms with E-state index in [4.69, 9.17) is 5.11 Å². The number of carbonyl (C=O) groups is 1. The lowest BCUT2D eigenvalue weighted by Crippen LogP contribution is -2.19. The Morgan fingerprint density at radius 1 is 1.35 bits per heavy atom. The number of halogens is 1. The van der Waals surface area contributed by atoms with Crippen LogP contribution >= 0.6 is 0 Å². The van der Waals surface area contributed by atoms with Gasteiger partial charge in [-0.05, 0) is 37.6 Å². The fourth-order valence-electron chi connectivity index (χ4n) is 1.34. The maximum atomic E-state index is 12.7. The summed E-state index contributed by atoms with van der Waals surface area (Å²) in [5, 5.41) is 7.69. The number of sulfone groups is 1. The molecule has 0 aliphatic carbocycles. The molecule has 1 atom stereocenters. The largest absolute Gasteiger partial charge is 0.481 e. The summed E-state index contributed by atoms with van der Waals surface area (Å²) in [5.41, 5.74) is 0. The minimum absolute atomic E-state index is 0.0109. The molecule has 1 aromatic carbocycles. The van der Waals surface area contributed by atoms with Gasteiger partial charge < -0.3 is 5.11 Å². The molecule has 4 nitrogen and oxygen atoms in total. The molecule has 1 N–H and O–H groups in total. The van der Waals surface area contributed by atoms with Crippen molar-refractivity contribution in [3.63, 3.8) is 0 Å². The Kier molecular flexibility index (Phi) is 4.22. The van der Waals surface area contributed by atoms with E-state index in [9.17, 15) is 17.6 Å². The number of hydrogen-bond acceptors (Lipinski definition) is 3. The van der Waals surface area contributed by atoms with Crippen molar-refractivity contribution >= 4 is 15.8 Å². The standard InChI is InChI=1S/C11H13FO4S/c1-8(2-7-11(13)14)17(15,16)10-5-3-9(12)4-6-10/h3-6,8H,2,7H2,1H3,(H,13,14). The number of carboxylic acids is 1. The van der Waals surface area contributed by atoms with Crippen LogP contribution in [0.25, 0.3) is 0 Å². The number of rotatable bonds is 5. The zero-order valence-corrected chi connectivity index (χ0v) is 10.1. The van der Waals surface area contributed by atoms with Crippen LogP contribution in [0.2, 0.25) is 0 Å². The Labute approximate surface area is 99.0 Å². The van der Waals surface area contributed by atoms with Crippen molar-refractivity contribution in [1.82, 2.24) is 0 Å². The van der Waals surface area contributed by atoms with E-state index in [2.05, 4.69) is 0 Å². The average molecular weight is 260 g/mol. The summed E-state index contributed by atoms with van der Waals surface area (Å²) in [6.07, 6.45) is -0.170. The van der Waals surface area contributed by atoms with Gasteiger partial charge in [0.2, 0.25) is 0 Å². The second-order valence-corrected chi connectivity index (χ2v) is 6.11. The summed E-state index contributed by atoms with van der Waals surface area (Å²) in [6.45, 7) is 1.45. The molecule has 0 aliphatic heterocycles. The second-order valence-electron chi connectivity index (χ2n) is 3.74. The molecule has 0 saturated heterocycles. The fraction of sp³-hybridized carbons (Fsp3) is 0.364. The smallest absolute Gasteiger partial charge is 0.303 e. The van der Waals surface area contributed by atoms with Crippen LogP contribution in [0.15, 0.2) is 29.2 Å². The summed E-state index contributed by atoms with van der Waals surface area (Å²) in [4.78, 5) is 10.4. The highest BCUT2D eigenvalue weighted by molar-refractivity contribution is 7.92. The second kappa shape index (κ2) is 5.27. The first-order valence-electron chi connectivity index (χ1n) is 5.05. The van der Waals surface area contributed by atoms with Crippen LogP contribution in [0.4, 0.5) is 4.39 Å². The maximum absolute atomic E-state index is 12.7. The number of hydrogen-bond donors (Lipinski definition) is 1. The summed E-state index contributed by atoms with van der Waals surface area (Å²) in [6, 6.07) is 4.50. The molecule has 17 heavy (non-hydrogen) atoms. The fourth-order valence-corrected chi connectivity index (χ4v) is 2.75. The Bertz CT molecular complexity index is 493. The quantitative estimate of drug-likeness (QED) is 0.820. The third-order valence-electron chi connectivity index (χ3n) is 2.44. The zero-order valence-electron chi connectivity index (χ0n) is 9.26. The first-order valence-corrected chi connectivity index (χ1v) is 6.60. The van der Waals surface area contributed by atoms with E-state index in [-0.39, 0.29) is 17.7 Å². The molecule has 1 rings (SSSR count). The number of carboxylic acid groups (broad SMARTS) is 1. The van der Waals surface area contributed by atoms with Crippen LogP contribution < -0.4 is 0 Å². The average Bonchev–Trinajstić information content (AvgIpc) is 2.26. The minimum Gasteiger partial charge on any atom is -0.481 e. The summed E-state index contributed by atoms with van der Waals surface area (Å²) < 4.78 is 36.5. The molecule has 0 radical (unpaired) electrons. The SMILES string of the molecule is CC(CCC(=O)O)S(=O)(=O)c1ccc(F)cc1. The van der Waals surface area contributed by atoms with Crippen molar-refractivity contribution in [2.75, 3.05) is 0 Å². The molecule has 0 aliphatic rings. The molecular weight excluding hydrogens is 247 g/mol. The third-order valence-corrected chi connectivity index (χ3v) is 4.66. The van der Waals surface area contributed by atoms with Crippen molar-refractivity contribution in [1.29, 1.82) is 0 Å². The Hall–Kier alpha value is -1.43. The molecule has 0 fully saturated rings. The lowest BCUT2D eigenvalue weighted by atomic mass is 10.2. The summed E-state index contributed by atoms with van der Waals surface area (Å²) >= 11 is 0. The normalized spacial score (nSPS) is 13.3. The van der Waals surface area contributed by atoms with Crippen molar-refractivity contribution in [2.45, 2.75) is 29.9 Å². The Morgan fingerprint density at radius 2 is 1.88 bits per heavy atom. The Morgan fingerprint density at radius 3 is 2.35 bits per heavy atom. The van der Waals surface area contributed by atoms with Crippen molar-refractivity contribution in [2.24, 2.45) is 0 Å². The van der Waals surface area contributed by atoms with Crippen LogP contribution in [-0.4, -0.2) is 24.7 Å². The monoisotopic (exact) mass is 260 g/mol. The lowest BCUT2D eigenvalue weighted by molar-refractivity contribution is -0.137. The summed E-state index contributed by atoms with van der Waals surface area (Å²) in [5.74, 6) is -1.55. The number of aliphatic carboxylic acids is 1. The molecule has 1 unspecified atom stereocenters. The van der Waals surface area contributed by atoms with E-state index in [0.29, 0.717) is 0 Å². The molecule has 0 saturated carbocycles. The van der Waals surface area contributed by atoms with Crippen LogP contribution in [0.5, 0.6) is 0 Å². The lowest BCUT2D eigenvalue weighted by Gasteiger charge is -2.11. The third kappa shape index (κ3) is 3.52. The molecule has 0 amide bonds. The van der Waals surface area contributed by atoms with Gasteiger partial charge in [-0.2, -0.15) is 0 Å². The molecule has 6 heteroatoms. The van der Waals surface area contributed by atoms with Gasteiger partial charge in [-0.15, -0.1) is 0 Å². The molecule has 0 spiro atoms. The van der Waals surface area contributed by atoms with Gasteiger partial charge in [-0.25, -0.2) is 12.8 Å². The first kappa shape index (κ1) is 13.6. The predicted octanol–water partition coefficient (Wildman–Crippen LogP) is 1.85. The molecule has 1 aromatic rings. The van der Waals surface area contributed by atoms with E-state index in [1.165, 1.54) is 19.1 Å². The first-order chi connectivity index (χ1) is 7.84. The zero-order chi connectivity index (χ0) is 13.1. The molecule has 0 aromatic heterocycles. The predicted molar refractivity (Wildman–Crippen MR) is 59.9 cm³/mol. The van der Waals surface area contributed by atoms with Crippen LogP contribution in [0, 0.1) is 5.82 Å². The van der Waals surface area contributed by atoms with Crippen LogP contribution in [0.1, 0.15) is 19.8 Å². The Balaban J connectivity index is 2.87. The van der Waals surface area contributed by atoms with Gasteiger partial charge in [-0.3, -0.25) is 4.79 Å². The van der Waals surface area contributed by atoms with Crippen molar-refractivity contribution in [3.8, 4) is 0 Å². The highest BCUT2D eigenvalue weighted by Gasteiger charge is 2.23. The van der Waals surface area contributed by atoms with E-state index in [1.54, 1.807) is 0 Å². The molecular formula is C11H13FO4S. The topological polar surface area (TPSA) is 71.4 Å². The van der Waals surface area contributed by atoms with E-state index in [1.807, 2.05) is 0 Å². The van der Waals surface area contributed by atoms with Crippen molar-refractivity contribution in [3.05, 3.63) is 30.1 Å². The summed E-state index contributed by atoms with van der Waals surface area (Å²) in [7, 11) is -3.58. The van der Waals surface area contributed by atoms with Gasteiger partial charge in [0.25, 0.3) is 0 Å². The highest BCUT2D eigenvalue weighted by Crippen LogP contribution is 2.19. The highest BCUT2D eigenvalue weighted by atomic mass is 32.2. The molecule has 0 heterocycles. The van der Waals surface area contributed by atoms with Gasteiger partial charge >= 0.3 is 5.97 Å². The van der Waals surface area contributed by atoms with Gasteiger partial charge in [0.05, 0.1) is 10.1 Å². The molecule has 0 bridgehead atoms. The maximum Gasteiger partial charge on any atom is 0.303 e.